The number of carbonyl (C=O) groups excluding carboxylic acids is 1. The molecule has 3 heterocycles. The smallest absolute Gasteiger partial charge is 0.254 e. The third-order valence-corrected chi connectivity index (χ3v) is 6.62. The average Bonchev–Trinajstić information content (AvgIpc) is 3.13. The molecular formula is C25H18FIN4O. The number of carbonyl (C=O) groups is 1. The molecule has 0 aliphatic carbocycles. The summed E-state index contributed by atoms with van der Waals surface area (Å²) < 4.78 is 17.8. The molecule has 0 saturated heterocycles. The maximum Gasteiger partial charge on any atom is 0.254 e. The van der Waals surface area contributed by atoms with Crippen molar-refractivity contribution in [1.82, 2.24) is 14.5 Å². The van der Waals surface area contributed by atoms with Crippen LogP contribution >= 0.6 is 22.6 Å². The number of pyridine rings is 1. The minimum atomic E-state index is -0.418. The largest absolute Gasteiger partial charge is 0.332 e. The van der Waals surface area contributed by atoms with Gasteiger partial charge in [-0.05, 0) is 83.1 Å². The van der Waals surface area contributed by atoms with Crippen LogP contribution in [0, 0.1) is 20.7 Å². The number of halogens is 2. The van der Waals surface area contributed by atoms with Crippen molar-refractivity contribution in [3.63, 3.8) is 0 Å². The van der Waals surface area contributed by atoms with Gasteiger partial charge in [0.15, 0.2) is 0 Å². The molecule has 2 aromatic carbocycles. The fraction of sp³-hybridized carbons (Fsp3) is 0.160. The molecular weight excluding hydrogens is 518 g/mol. The van der Waals surface area contributed by atoms with Crippen molar-refractivity contribution in [2.75, 3.05) is 6.54 Å². The lowest BCUT2D eigenvalue weighted by molar-refractivity contribution is 0.0730. The summed E-state index contributed by atoms with van der Waals surface area (Å²) in [6.07, 6.45) is 2.45. The van der Waals surface area contributed by atoms with E-state index < -0.39 is 5.82 Å². The summed E-state index contributed by atoms with van der Waals surface area (Å²) in [6, 6.07) is 18.0. The standard InChI is InChI=1S/C25H18FIN4O/c26-22-12-16(13-28)3-4-18(22)14-31-23-15-30(25(32)17-5-7-19(27)8-6-17)11-9-20(23)21-2-1-10-29-24(21)31/h1-8,10,12H,9,11,14-15H2. The second kappa shape index (κ2) is 8.36. The predicted octanol–water partition coefficient (Wildman–Crippen LogP) is 4.90. The van der Waals surface area contributed by atoms with Gasteiger partial charge in [0.1, 0.15) is 11.5 Å². The molecule has 5 nitrogen and oxygen atoms in total. The molecule has 0 atom stereocenters. The molecule has 0 spiro atoms. The van der Waals surface area contributed by atoms with E-state index in [-0.39, 0.29) is 18.0 Å². The van der Waals surface area contributed by atoms with Gasteiger partial charge in [-0.1, -0.05) is 6.07 Å². The molecule has 0 unspecified atom stereocenters. The Labute approximate surface area is 198 Å². The minimum absolute atomic E-state index is 0.0126. The zero-order chi connectivity index (χ0) is 22.2. The van der Waals surface area contributed by atoms with E-state index in [1.807, 2.05) is 51.9 Å². The highest BCUT2D eigenvalue weighted by Gasteiger charge is 2.28. The Kier molecular flexibility index (Phi) is 5.39. The highest BCUT2D eigenvalue weighted by molar-refractivity contribution is 14.1. The number of nitrogens with zero attached hydrogens (tertiary/aromatic N) is 4. The quantitative estimate of drug-likeness (QED) is 0.350. The number of hydrogen-bond acceptors (Lipinski definition) is 3. The van der Waals surface area contributed by atoms with Gasteiger partial charge in [-0.25, -0.2) is 9.37 Å². The summed E-state index contributed by atoms with van der Waals surface area (Å²) in [5, 5.41) is 10.1. The van der Waals surface area contributed by atoms with Crippen LogP contribution in [0.5, 0.6) is 0 Å². The fourth-order valence-corrected chi connectivity index (χ4v) is 4.65. The molecule has 2 aromatic heterocycles. The lowest BCUT2D eigenvalue weighted by atomic mass is 10.0. The third kappa shape index (κ3) is 3.65. The molecule has 158 valence electrons. The van der Waals surface area contributed by atoms with Crippen LogP contribution in [0.25, 0.3) is 11.0 Å². The van der Waals surface area contributed by atoms with Gasteiger partial charge in [0.05, 0.1) is 24.7 Å². The summed E-state index contributed by atoms with van der Waals surface area (Å²) >= 11 is 2.22. The molecule has 0 N–H and O–H groups in total. The van der Waals surface area contributed by atoms with Crippen molar-refractivity contribution in [2.24, 2.45) is 0 Å². The van der Waals surface area contributed by atoms with E-state index in [9.17, 15) is 9.18 Å². The normalized spacial score (nSPS) is 13.1. The van der Waals surface area contributed by atoms with Crippen LogP contribution in [0.15, 0.2) is 60.8 Å². The van der Waals surface area contributed by atoms with Crippen LogP contribution in [0.2, 0.25) is 0 Å². The summed E-state index contributed by atoms with van der Waals surface area (Å²) in [5.41, 5.74) is 4.35. The molecule has 7 heteroatoms. The predicted molar refractivity (Wildman–Crippen MR) is 128 cm³/mol. The van der Waals surface area contributed by atoms with Crippen LogP contribution in [0.3, 0.4) is 0 Å². The Hall–Kier alpha value is -3.25. The van der Waals surface area contributed by atoms with Crippen LogP contribution in [-0.2, 0) is 19.5 Å². The number of benzene rings is 2. The van der Waals surface area contributed by atoms with Crippen molar-refractivity contribution >= 4 is 39.5 Å². The number of nitriles is 1. The van der Waals surface area contributed by atoms with Gasteiger partial charge in [0, 0.05) is 38.5 Å². The average molecular weight is 536 g/mol. The fourth-order valence-electron chi connectivity index (χ4n) is 4.29. The Morgan fingerprint density at radius 2 is 2.00 bits per heavy atom. The second-order valence-electron chi connectivity index (χ2n) is 7.79. The first-order valence-corrected chi connectivity index (χ1v) is 11.3. The van der Waals surface area contributed by atoms with Gasteiger partial charge in [-0.3, -0.25) is 4.79 Å². The van der Waals surface area contributed by atoms with E-state index in [2.05, 4.69) is 27.6 Å². The molecule has 1 aliphatic heterocycles. The van der Waals surface area contributed by atoms with Gasteiger partial charge < -0.3 is 9.47 Å². The van der Waals surface area contributed by atoms with Gasteiger partial charge in [0.2, 0.25) is 0 Å². The van der Waals surface area contributed by atoms with E-state index in [1.165, 1.54) is 6.07 Å². The van der Waals surface area contributed by atoms with Crippen LogP contribution in [0.1, 0.15) is 32.7 Å². The summed E-state index contributed by atoms with van der Waals surface area (Å²) in [6.45, 7) is 1.34. The van der Waals surface area contributed by atoms with Crippen molar-refractivity contribution in [3.05, 3.63) is 98.1 Å². The Bertz CT molecular complexity index is 1390. The first kappa shape index (κ1) is 20.6. The highest BCUT2D eigenvalue weighted by Crippen LogP contribution is 2.31. The van der Waals surface area contributed by atoms with Crippen molar-refractivity contribution in [3.8, 4) is 6.07 Å². The van der Waals surface area contributed by atoms with Gasteiger partial charge >= 0.3 is 0 Å². The van der Waals surface area contributed by atoms with Crippen LogP contribution in [-0.4, -0.2) is 26.9 Å². The van der Waals surface area contributed by atoms with Gasteiger partial charge in [-0.15, -0.1) is 0 Å². The SMILES string of the molecule is N#Cc1ccc(Cn2c3c(c4cccnc42)CCN(C(=O)c2ccc(I)cc2)C3)c(F)c1. The second-order valence-corrected chi connectivity index (χ2v) is 9.03. The van der Waals surface area contributed by atoms with Crippen LogP contribution in [0.4, 0.5) is 4.39 Å². The van der Waals surface area contributed by atoms with Gasteiger partial charge in [0.25, 0.3) is 5.91 Å². The molecule has 5 rings (SSSR count). The number of aromatic nitrogens is 2. The first-order chi connectivity index (χ1) is 15.5. The number of fused-ring (bicyclic) bond motifs is 3. The molecule has 1 amide bonds. The van der Waals surface area contributed by atoms with E-state index in [0.29, 0.717) is 24.2 Å². The minimum Gasteiger partial charge on any atom is -0.332 e. The lowest BCUT2D eigenvalue weighted by Gasteiger charge is -2.28. The van der Waals surface area contributed by atoms with Gasteiger partial charge in [-0.2, -0.15) is 5.26 Å². The van der Waals surface area contributed by atoms with Crippen molar-refractivity contribution in [1.29, 1.82) is 5.26 Å². The monoisotopic (exact) mass is 536 g/mol. The van der Waals surface area contributed by atoms with Crippen molar-refractivity contribution < 1.29 is 9.18 Å². The molecule has 0 radical (unpaired) electrons. The van der Waals surface area contributed by atoms with Crippen molar-refractivity contribution in [2.45, 2.75) is 19.5 Å². The Balaban J connectivity index is 1.54. The highest BCUT2D eigenvalue weighted by atomic mass is 127. The molecule has 1 aliphatic rings. The zero-order valence-electron chi connectivity index (χ0n) is 17.1. The number of rotatable bonds is 3. The summed E-state index contributed by atoms with van der Waals surface area (Å²) in [7, 11) is 0. The lowest BCUT2D eigenvalue weighted by Crippen LogP contribution is -2.36. The first-order valence-electron chi connectivity index (χ1n) is 10.2. The van der Waals surface area contributed by atoms with Crippen LogP contribution < -0.4 is 0 Å². The molecule has 0 bridgehead atoms. The van der Waals surface area contributed by atoms with E-state index in [1.54, 1.807) is 18.3 Å². The molecule has 0 saturated carbocycles. The maximum absolute atomic E-state index is 14.7. The Morgan fingerprint density at radius 3 is 2.75 bits per heavy atom. The number of hydrogen-bond donors (Lipinski definition) is 0. The molecule has 32 heavy (non-hydrogen) atoms. The third-order valence-electron chi connectivity index (χ3n) is 5.90. The summed E-state index contributed by atoms with van der Waals surface area (Å²) in [5.74, 6) is -0.431. The summed E-state index contributed by atoms with van der Waals surface area (Å²) in [4.78, 5) is 19.5. The van der Waals surface area contributed by atoms with E-state index in [0.717, 1.165) is 32.3 Å². The topological polar surface area (TPSA) is 61.9 Å². The number of amides is 1. The molecule has 0 fully saturated rings. The zero-order valence-corrected chi connectivity index (χ0v) is 19.2. The Morgan fingerprint density at radius 1 is 1.19 bits per heavy atom. The maximum atomic E-state index is 14.7. The molecule has 4 aromatic rings. The van der Waals surface area contributed by atoms with E-state index in [4.69, 9.17) is 5.26 Å². The van der Waals surface area contributed by atoms with E-state index >= 15 is 0 Å².